The first-order chi connectivity index (χ1) is 11.6. The third-order valence-corrected chi connectivity index (χ3v) is 4.94. The minimum absolute atomic E-state index is 0.0348. The summed E-state index contributed by atoms with van der Waals surface area (Å²) in [5, 5.41) is 20.4. The van der Waals surface area contributed by atoms with Crippen molar-refractivity contribution in [1.82, 2.24) is 0 Å². The molecule has 0 aromatic heterocycles. The minimum atomic E-state index is -0.569. The number of alkyl halides is 1. The zero-order valence-corrected chi connectivity index (χ0v) is 14.3. The normalized spacial score (nSPS) is 24.7. The van der Waals surface area contributed by atoms with Crippen molar-refractivity contribution in [3.63, 3.8) is 0 Å². The molecule has 0 amide bonds. The molecule has 0 radical (unpaired) electrons. The average molecular weight is 347 g/mol. The van der Waals surface area contributed by atoms with E-state index in [1.165, 1.54) is 0 Å². The molecule has 3 rings (SSSR count). The van der Waals surface area contributed by atoms with Crippen LogP contribution in [0.15, 0.2) is 54.6 Å². The van der Waals surface area contributed by atoms with Crippen LogP contribution in [-0.2, 0) is 6.42 Å². The summed E-state index contributed by atoms with van der Waals surface area (Å²) in [6.07, 6.45) is 1.02. The van der Waals surface area contributed by atoms with E-state index < -0.39 is 6.10 Å². The summed E-state index contributed by atoms with van der Waals surface area (Å²) in [6.45, 7) is 0.447. The van der Waals surface area contributed by atoms with Gasteiger partial charge in [0.15, 0.2) is 0 Å². The van der Waals surface area contributed by atoms with Crippen LogP contribution in [0.4, 0.5) is 0 Å². The summed E-state index contributed by atoms with van der Waals surface area (Å²) in [4.78, 5) is 0. The molecule has 0 bridgehead atoms. The molecule has 0 aliphatic heterocycles. The van der Waals surface area contributed by atoms with Crippen molar-refractivity contribution in [2.24, 2.45) is 5.92 Å². The highest BCUT2D eigenvalue weighted by atomic mass is 35.5. The zero-order chi connectivity index (χ0) is 16.9. The van der Waals surface area contributed by atoms with Gasteiger partial charge in [0.2, 0.25) is 0 Å². The van der Waals surface area contributed by atoms with Crippen LogP contribution in [0.1, 0.15) is 30.1 Å². The smallest absolute Gasteiger partial charge is 0.119 e. The first kappa shape index (κ1) is 17.3. The largest absolute Gasteiger partial charge is 0.493 e. The van der Waals surface area contributed by atoms with E-state index in [1.54, 1.807) is 0 Å². The molecule has 1 aliphatic rings. The van der Waals surface area contributed by atoms with E-state index in [9.17, 15) is 10.2 Å². The van der Waals surface area contributed by atoms with Crippen LogP contribution in [0.3, 0.4) is 0 Å². The lowest BCUT2D eigenvalue weighted by molar-refractivity contribution is 0.0984. The van der Waals surface area contributed by atoms with Crippen LogP contribution < -0.4 is 4.74 Å². The Bertz CT molecular complexity index is 646. The molecule has 4 heteroatoms. The number of hydrogen-bond acceptors (Lipinski definition) is 3. The van der Waals surface area contributed by atoms with E-state index >= 15 is 0 Å². The van der Waals surface area contributed by atoms with Crippen molar-refractivity contribution in [3.05, 3.63) is 65.7 Å². The molecule has 2 N–H and O–H groups in total. The monoisotopic (exact) mass is 346 g/mol. The number of halogens is 1. The maximum absolute atomic E-state index is 10.4. The molecule has 2 aromatic carbocycles. The second-order valence-corrected chi connectivity index (χ2v) is 7.10. The Morgan fingerprint density at radius 3 is 2.58 bits per heavy atom. The first-order valence-electron chi connectivity index (χ1n) is 8.38. The second-order valence-electron chi connectivity index (χ2n) is 6.49. The lowest BCUT2D eigenvalue weighted by Crippen LogP contribution is -2.20. The van der Waals surface area contributed by atoms with Crippen LogP contribution in [0.25, 0.3) is 0 Å². The van der Waals surface area contributed by atoms with Gasteiger partial charge in [0.1, 0.15) is 5.75 Å². The average Bonchev–Trinajstić information content (AvgIpc) is 2.91. The SMILES string of the molecule is OC(Cc1ccccc1)c1cccc(OC[C@@H]2C[C@H](Cl)C[C@H]2O)c1. The number of benzene rings is 2. The van der Waals surface area contributed by atoms with E-state index in [0.29, 0.717) is 25.2 Å². The van der Waals surface area contributed by atoms with Gasteiger partial charge in [-0.2, -0.15) is 0 Å². The third kappa shape index (κ3) is 4.50. The van der Waals surface area contributed by atoms with Crippen molar-refractivity contribution in [2.45, 2.75) is 36.8 Å². The Morgan fingerprint density at radius 1 is 1.08 bits per heavy atom. The molecule has 0 heterocycles. The van der Waals surface area contributed by atoms with Crippen LogP contribution >= 0.6 is 11.6 Å². The Balaban J connectivity index is 1.59. The van der Waals surface area contributed by atoms with Gasteiger partial charge < -0.3 is 14.9 Å². The van der Waals surface area contributed by atoms with Gasteiger partial charge in [-0.05, 0) is 36.1 Å². The van der Waals surface area contributed by atoms with E-state index in [-0.39, 0.29) is 17.4 Å². The lowest BCUT2D eigenvalue weighted by atomic mass is 10.0. The standard InChI is InChI=1S/C20H23ClO3/c21-17-10-16(20(23)12-17)13-24-18-8-4-7-15(11-18)19(22)9-14-5-2-1-3-6-14/h1-8,11,16-17,19-20,22-23H,9-10,12-13H2/t16-,17-,19?,20+/m0/s1. The molecule has 1 unspecified atom stereocenters. The molecule has 0 saturated heterocycles. The molecular formula is C20H23ClO3. The number of ether oxygens (including phenoxy) is 1. The molecule has 24 heavy (non-hydrogen) atoms. The van der Waals surface area contributed by atoms with E-state index in [1.807, 2.05) is 54.6 Å². The summed E-state index contributed by atoms with van der Waals surface area (Å²) in [5.41, 5.74) is 1.93. The maximum Gasteiger partial charge on any atom is 0.119 e. The van der Waals surface area contributed by atoms with Gasteiger partial charge in [0.05, 0.1) is 18.8 Å². The fraction of sp³-hybridized carbons (Fsp3) is 0.400. The molecule has 1 saturated carbocycles. The maximum atomic E-state index is 10.4. The lowest BCUT2D eigenvalue weighted by Gasteiger charge is -2.17. The number of rotatable bonds is 6. The van der Waals surface area contributed by atoms with Gasteiger partial charge in [-0.1, -0.05) is 42.5 Å². The fourth-order valence-electron chi connectivity index (χ4n) is 3.19. The highest BCUT2D eigenvalue weighted by Crippen LogP contribution is 2.31. The van der Waals surface area contributed by atoms with Gasteiger partial charge in [-0.15, -0.1) is 11.6 Å². The van der Waals surface area contributed by atoms with E-state index in [0.717, 1.165) is 17.5 Å². The Kier molecular flexibility index (Phi) is 5.77. The Labute approximate surface area is 147 Å². The van der Waals surface area contributed by atoms with Crippen molar-refractivity contribution in [2.75, 3.05) is 6.61 Å². The van der Waals surface area contributed by atoms with Crippen LogP contribution in [0.2, 0.25) is 0 Å². The van der Waals surface area contributed by atoms with Gasteiger partial charge in [0, 0.05) is 17.7 Å². The highest BCUT2D eigenvalue weighted by molar-refractivity contribution is 6.20. The molecule has 1 fully saturated rings. The summed E-state index contributed by atoms with van der Waals surface area (Å²) in [5.74, 6) is 0.787. The topological polar surface area (TPSA) is 49.7 Å². The number of hydrogen-bond donors (Lipinski definition) is 2. The summed E-state index contributed by atoms with van der Waals surface area (Å²) < 4.78 is 5.82. The van der Waals surface area contributed by atoms with Gasteiger partial charge in [-0.3, -0.25) is 0 Å². The predicted octanol–water partition coefficient (Wildman–Crippen LogP) is 3.72. The number of aliphatic hydroxyl groups is 2. The first-order valence-corrected chi connectivity index (χ1v) is 8.82. The molecule has 3 nitrogen and oxygen atoms in total. The Morgan fingerprint density at radius 2 is 1.88 bits per heavy atom. The molecule has 128 valence electrons. The molecule has 1 aliphatic carbocycles. The fourth-order valence-corrected chi connectivity index (χ4v) is 3.60. The third-order valence-electron chi connectivity index (χ3n) is 4.58. The summed E-state index contributed by atoms with van der Waals surface area (Å²) in [6, 6.07) is 17.4. The minimum Gasteiger partial charge on any atom is -0.493 e. The van der Waals surface area contributed by atoms with Crippen LogP contribution in [-0.4, -0.2) is 28.3 Å². The Hall–Kier alpha value is -1.55. The van der Waals surface area contributed by atoms with Gasteiger partial charge in [-0.25, -0.2) is 0 Å². The van der Waals surface area contributed by atoms with Gasteiger partial charge in [0.25, 0.3) is 0 Å². The molecule has 0 spiro atoms. The quantitative estimate of drug-likeness (QED) is 0.784. The van der Waals surface area contributed by atoms with Crippen molar-refractivity contribution >= 4 is 11.6 Å². The van der Waals surface area contributed by atoms with E-state index in [4.69, 9.17) is 16.3 Å². The molecule has 4 atom stereocenters. The van der Waals surface area contributed by atoms with Crippen LogP contribution in [0.5, 0.6) is 5.75 Å². The van der Waals surface area contributed by atoms with Crippen molar-refractivity contribution in [3.8, 4) is 5.75 Å². The second kappa shape index (κ2) is 8.02. The summed E-state index contributed by atoms with van der Waals surface area (Å²) in [7, 11) is 0. The summed E-state index contributed by atoms with van der Waals surface area (Å²) >= 11 is 6.08. The zero-order valence-electron chi connectivity index (χ0n) is 13.5. The number of aliphatic hydroxyl groups excluding tert-OH is 2. The molecule has 2 aromatic rings. The highest BCUT2D eigenvalue weighted by Gasteiger charge is 2.32. The van der Waals surface area contributed by atoms with Crippen molar-refractivity contribution in [1.29, 1.82) is 0 Å². The van der Waals surface area contributed by atoms with E-state index in [2.05, 4.69) is 0 Å². The predicted molar refractivity (Wildman–Crippen MR) is 95.4 cm³/mol. The van der Waals surface area contributed by atoms with Gasteiger partial charge >= 0.3 is 0 Å². The van der Waals surface area contributed by atoms with Crippen molar-refractivity contribution < 1.29 is 14.9 Å². The van der Waals surface area contributed by atoms with Crippen LogP contribution in [0, 0.1) is 5.92 Å². The molecular weight excluding hydrogens is 324 g/mol.